The fraction of sp³-hybridized carbons (Fsp3) is 0.593. The van der Waals surface area contributed by atoms with E-state index in [2.05, 4.69) is 344 Å². The van der Waals surface area contributed by atoms with Crippen molar-refractivity contribution in [1.82, 2.24) is 45.8 Å². The second-order valence-corrected chi connectivity index (χ2v) is 51.7. The van der Waals surface area contributed by atoms with Crippen LogP contribution < -0.4 is 21.3 Å². The summed E-state index contributed by atoms with van der Waals surface area (Å²) in [6.07, 6.45) is 3.54. The first-order valence-corrected chi connectivity index (χ1v) is 52.3. The van der Waals surface area contributed by atoms with E-state index in [0.29, 0.717) is 34.9 Å². The number of unbranched alkanes of at least 4 members (excludes halogenated alkanes) is 1. The molecular weight excluding hydrogens is 1580 g/mol. The predicted molar refractivity (Wildman–Crippen MR) is 487 cm³/mol. The molecule has 6 aromatic carbocycles. The molecule has 0 bridgehead atoms. The predicted octanol–water partition coefficient (Wildman–Crippen LogP) is 17.5. The minimum Gasteiger partial charge on any atom is -0.444 e. The molecule has 21 heteroatoms. The highest BCUT2D eigenvalue weighted by molar-refractivity contribution is 9.09. The summed E-state index contributed by atoms with van der Waals surface area (Å²) in [6, 6.07) is 63.9. The van der Waals surface area contributed by atoms with Crippen molar-refractivity contribution in [2.24, 2.45) is 0 Å². The Labute approximate surface area is 699 Å². The van der Waals surface area contributed by atoms with E-state index >= 15 is 0 Å². The maximum absolute atomic E-state index is 12.3. The summed E-state index contributed by atoms with van der Waals surface area (Å²) in [5.41, 5.74) is 7.73. The number of rotatable bonds is 23. The highest BCUT2D eigenvalue weighted by atomic mass is 79.9. The lowest BCUT2D eigenvalue weighted by molar-refractivity contribution is 0.0195. The van der Waals surface area contributed by atoms with Crippen LogP contribution in [0.4, 0.5) is 4.79 Å². The second-order valence-electron chi connectivity index (χ2n) is 36.1. The van der Waals surface area contributed by atoms with Crippen LogP contribution in [0.1, 0.15) is 129 Å². The monoisotopic (exact) mass is 1720 g/mol. The first kappa shape index (κ1) is 98.3. The summed E-state index contributed by atoms with van der Waals surface area (Å²) in [5.74, 6) is 0. The van der Waals surface area contributed by atoms with Crippen molar-refractivity contribution in [2.45, 2.75) is 226 Å². The third-order valence-corrected chi connectivity index (χ3v) is 36.9. The fourth-order valence-electron chi connectivity index (χ4n) is 12.4. The molecule has 6 N–H and O–H groups in total. The first-order valence-electron chi connectivity index (χ1n) is 41.4. The number of aliphatic hydroxyl groups excluding tert-OH is 2. The molecule has 0 saturated carbocycles. The molecule has 4 aliphatic heterocycles. The zero-order chi connectivity index (χ0) is 82.3. The molecule has 0 aliphatic carbocycles. The number of hydrogen-bond acceptors (Lipinski definition) is 15. The number of amides is 1. The van der Waals surface area contributed by atoms with Crippen LogP contribution in [0.5, 0.6) is 0 Å². The lowest BCUT2D eigenvalue weighted by Gasteiger charge is -2.40. The molecule has 10 rings (SSSR count). The van der Waals surface area contributed by atoms with Crippen LogP contribution >= 0.6 is 31.9 Å². The van der Waals surface area contributed by atoms with Crippen LogP contribution in [-0.4, -0.2) is 224 Å². The molecule has 4 fully saturated rings. The smallest absolute Gasteiger partial charge is 0.410 e. The number of nitrogens with zero attached hydrogens (tertiary/aromatic N) is 5. The van der Waals surface area contributed by atoms with E-state index in [1.165, 1.54) is 52.6 Å². The fourth-order valence-corrected chi connectivity index (χ4v) is 17.5. The summed E-state index contributed by atoms with van der Waals surface area (Å²) in [7, 11) is -5.25. The van der Waals surface area contributed by atoms with E-state index in [1.807, 2.05) is 32.9 Å². The van der Waals surface area contributed by atoms with Gasteiger partial charge in [-0.25, -0.2) is 4.79 Å². The number of alkyl halides is 2. The van der Waals surface area contributed by atoms with E-state index in [4.69, 9.17) is 23.1 Å². The van der Waals surface area contributed by atoms with Crippen LogP contribution in [0.2, 0.25) is 54.4 Å². The van der Waals surface area contributed by atoms with Crippen LogP contribution in [0.25, 0.3) is 0 Å². The Morgan fingerprint density at radius 1 is 0.438 bits per heavy atom. The maximum Gasteiger partial charge on any atom is 0.410 e. The van der Waals surface area contributed by atoms with Gasteiger partial charge in [0.15, 0.2) is 25.0 Å². The number of aliphatic hydroxyl groups is 2. The van der Waals surface area contributed by atoms with Crippen molar-refractivity contribution >= 4 is 62.9 Å². The number of benzene rings is 6. The SMILES string of the molecule is CC(C)(C)OC(=O)N1CCNCC(O[Si](C)(C)C(C)(C)C)C1.CC(C)(C)[Si](C)(C)OC1CN(Cc2ccccc2)CCN(Cc2ccccc2)C1.CC(C)(C)[Si](C)(C)OC1CNCCNC1.OC(CBr)CBr.OC1CN(Cc2ccccc2)CCN(Cc2ccccc2)C1.c1ccc(CCCCNCc2ccccc2)cc1. The average molecular weight is 1730 g/mol. The van der Waals surface area contributed by atoms with Crippen molar-refractivity contribution in [2.75, 3.05) is 122 Å². The molecule has 6 aromatic rings. The Morgan fingerprint density at radius 2 is 0.759 bits per heavy atom. The van der Waals surface area contributed by atoms with Gasteiger partial charge in [-0.3, -0.25) is 19.6 Å². The standard InChI is InChI=1S/C25H38N2OSi.C19H24N2O.C17H21N.C16H34N2O3Si.C11H26N2OSi.C3H6Br2O/c1-25(2,3)29(4,5)28-24-20-26(18-22-12-8-6-9-13-22)16-17-27(21-24)19-23-14-10-7-11-15-23;22-19-15-20(13-17-7-3-1-4-8-17)11-12-21(16-19)14-18-9-5-2-6-10-18;1-3-9-16(10-4-1)11-7-8-14-18-15-17-12-5-2-6-13-17;1-15(2,3)20-14(19)18-10-9-17-11-13(12-18)21-22(7,8)16(4,5)6;1-11(2,3)15(4,5)14-10-8-12-6-7-13-9-10;4-1-3(6)2-5/h6-15,24H,16-21H2,1-5H3;1-10,19,22H,11-16H2;1-6,9-10,12-13,18H,7-8,11,14-15H2;13,17H,9-12H2,1-8H3;10,12-13H,6-9H2,1-5H3;3,6H,1-2H2. The summed E-state index contributed by atoms with van der Waals surface area (Å²) >= 11 is 6.19. The molecule has 4 heterocycles. The Bertz CT molecular complexity index is 3260. The van der Waals surface area contributed by atoms with Gasteiger partial charge in [0.2, 0.25) is 0 Å². The molecule has 1 unspecified atom stereocenters. The zero-order valence-electron chi connectivity index (χ0n) is 72.2. The Hall–Kier alpha value is -4.32. The number of halogens is 2. The quantitative estimate of drug-likeness (QED) is 0.0204. The number of ether oxygens (including phenoxy) is 1. The third kappa shape index (κ3) is 40.2. The summed E-state index contributed by atoms with van der Waals surface area (Å²) < 4.78 is 25.2. The van der Waals surface area contributed by atoms with Crippen molar-refractivity contribution in [1.29, 1.82) is 0 Å². The number of hydrogen-bond donors (Lipinski definition) is 6. The van der Waals surface area contributed by atoms with E-state index in [0.717, 1.165) is 131 Å². The van der Waals surface area contributed by atoms with E-state index in [9.17, 15) is 9.90 Å². The van der Waals surface area contributed by atoms with Gasteiger partial charge in [0.05, 0.1) is 37.1 Å². The van der Waals surface area contributed by atoms with Gasteiger partial charge in [0, 0.05) is 142 Å². The van der Waals surface area contributed by atoms with Crippen molar-refractivity contribution in [3.8, 4) is 0 Å². The molecule has 0 aromatic heterocycles. The molecule has 0 spiro atoms. The van der Waals surface area contributed by atoms with Crippen LogP contribution in [0.3, 0.4) is 0 Å². The van der Waals surface area contributed by atoms with Crippen LogP contribution in [0.15, 0.2) is 182 Å². The average Bonchev–Trinajstić information content (AvgIpc) is 1.86. The molecule has 1 amide bonds. The van der Waals surface area contributed by atoms with Crippen molar-refractivity contribution in [3.63, 3.8) is 0 Å². The van der Waals surface area contributed by atoms with Gasteiger partial charge in [0.25, 0.3) is 0 Å². The summed E-state index contributed by atoms with van der Waals surface area (Å²) in [5, 5.41) is 34.5. The summed E-state index contributed by atoms with van der Waals surface area (Å²) in [6.45, 7) is 60.6. The topological polar surface area (TPSA) is 159 Å². The minimum absolute atomic E-state index is 0.0240. The molecule has 4 saturated heterocycles. The van der Waals surface area contributed by atoms with E-state index in [1.54, 1.807) is 4.90 Å². The zero-order valence-corrected chi connectivity index (χ0v) is 78.4. The number of carbonyl (C=O) groups excluding carboxylic acids is 1. The number of β-amino-alcohol motifs (C(OH)–C–C–N with tert-alkyl or cyclic N) is 1. The lowest BCUT2D eigenvalue weighted by Crippen LogP contribution is -2.49. The molecule has 16 nitrogen and oxygen atoms in total. The van der Waals surface area contributed by atoms with Gasteiger partial charge < -0.3 is 54.4 Å². The highest BCUT2D eigenvalue weighted by Crippen LogP contribution is 2.40. The molecule has 112 heavy (non-hydrogen) atoms. The molecular formula is C91H149Br2N9O7Si3. The van der Waals surface area contributed by atoms with Gasteiger partial charge in [-0.05, 0) is 134 Å². The molecule has 626 valence electrons. The molecule has 1 atom stereocenters. The number of aryl methyl sites for hydroxylation is 1. The first-order chi connectivity index (χ1) is 52.9. The highest BCUT2D eigenvalue weighted by Gasteiger charge is 2.43. The largest absolute Gasteiger partial charge is 0.444 e. The Balaban J connectivity index is 0.000000249. The van der Waals surface area contributed by atoms with Crippen molar-refractivity contribution < 1.29 is 33.0 Å². The van der Waals surface area contributed by atoms with E-state index < -0.39 is 30.6 Å². The Kier molecular flexibility index (Phi) is 44.3. The van der Waals surface area contributed by atoms with Gasteiger partial charge in [0.1, 0.15) is 5.60 Å². The van der Waals surface area contributed by atoms with Crippen LogP contribution in [-0.2, 0) is 57.2 Å². The molecule has 0 radical (unpaired) electrons. The third-order valence-electron chi connectivity index (χ3n) is 21.8. The summed E-state index contributed by atoms with van der Waals surface area (Å²) in [4.78, 5) is 23.9. The van der Waals surface area contributed by atoms with Gasteiger partial charge in [-0.15, -0.1) is 0 Å². The Morgan fingerprint density at radius 3 is 1.11 bits per heavy atom. The van der Waals surface area contributed by atoms with Gasteiger partial charge >= 0.3 is 6.09 Å². The van der Waals surface area contributed by atoms with Gasteiger partial charge in [-0.1, -0.05) is 276 Å². The molecule has 4 aliphatic rings. The van der Waals surface area contributed by atoms with Crippen molar-refractivity contribution in [3.05, 3.63) is 215 Å². The van der Waals surface area contributed by atoms with Gasteiger partial charge in [-0.2, -0.15) is 0 Å². The van der Waals surface area contributed by atoms with E-state index in [-0.39, 0.29) is 40.6 Å². The minimum atomic E-state index is -1.84. The second kappa shape index (κ2) is 50.4. The number of nitrogens with one attached hydrogen (secondary N) is 4. The van der Waals surface area contributed by atoms with Crippen LogP contribution in [0, 0.1) is 0 Å². The number of carbonyl (C=O) groups is 1. The lowest BCUT2D eigenvalue weighted by atomic mass is 10.1. The normalized spacial score (nSPS) is 17.5. The maximum atomic E-state index is 12.3.